The van der Waals surface area contributed by atoms with E-state index in [9.17, 15) is 4.79 Å². The minimum absolute atomic E-state index is 0.134. The fourth-order valence-electron chi connectivity index (χ4n) is 3.46. The molecule has 1 amide bonds. The predicted octanol–water partition coefficient (Wildman–Crippen LogP) is 4.26. The van der Waals surface area contributed by atoms with E-state index in [4.69, 9.17) is 19.9 Å². The molecule has 4 N–H and O–H groups in total. The summed E-state index contributed by atoms with van der Waals surface area (Å²) in [6.45, 7) is 9.45. The van der Waals surface area contributed by atoms with E-state index >= 15 is 0 Å². The third-order valence-corrected chi connectivity index (χ3v) is 5.41. The van der Waals surface area contributed by atoms with Gasteiger partial charge in [0, 0.05) is 50.0 Å². The highest BCUT2D eigenvalue weighted by atomic mass is 16.5. The Labute approximate surface area is 226 Å². The molecule has 0 fully saturated rings. The van der Waals surface area contributed by atoms with Gasteiger partial charge in [0.1, 0.15) is 29.2 Å². The lowest BCUT2D eigenvalue weighted by Crippen LogP contribution is -2.32. The van der Waals surface area contributed by atoms with Crippen LogP contribution in [-0.4, -0.2) is 73.7 Å². The van der Waals surface area contributed by atoms with E-state index in [1.807, 2.05) is 71.0 Å². The van der Waals surface area contributed by atoms with Gasteiger partial charge in [-0.3, -0.25) is 4.79 Å². The molecule has 10 heteroatoms. The van der Waals surface area contributed by atoms with Crippen molar-refractivity contribution in [3.63, 3.8) is 0 Å². The number of hydrogen-bond donors (Lipinski definition) is 3. The number of imidazole rings is 1. The number of nitrogens with two attached hydrogens (primary N) is 1. The lowest BCUT2D eigenvalue weighted by atomic mass is 10.2. The summed E-state index contributed by atoms with van der Waals surface area (Å²) in [6, 6.07) is 5.50. The van der Waals surface area contributed by atoms with Gasteiger partial charge >= 0.3 is 0 Å². The number of benzene rings is 1. The van der Waals surface area contributed by atoms with Crippen LogP contribution >= 0.6 is 0 Å². The summed E-state index contributed by atoms with van der Waals surface area (Å²) < 4.78 is 17.4. The van der Waals surface area contributed by atoms with Crippen molar-refractivity contribution in [1.82, 2.24) is 20.2 Å². The number of methoxy groups -OCH3 is 1. The summed E-state index contributed by atoms with van der Waals surface area (Å²) in [5, 5.41) is 2.92. The first-order valence-corrected chi connectivity index (χ1v) is 12.9. The number of carbonyl (C=O) groups excluding carboxylic acids is 1. The average molecular weight is 527 g/mol. The smallest absolute Gasteiger partial charge is 0.248 e. The monoisotopic (exact) mass is 526 g/mol. The number of aromatic nitrogens is 2. The van der Waals surface area contributed by atoms with Crippen molar-refractivity contribution in [1.29, 1.82) is 0 Å². The normalized spacial score (nSPS) is 13.3. The first-order valence-electron chi connectivity index (χ1n) is 12.9. The number of carbonyl (C=O) groups is 1. The molecule has 1 aromatic carbocycles. The first kappa shape index (κ1) is 30.6. The Morgan fingerprint density at radius 2 is 1.97 bits per heavy atom. The van der Waals surface area contributed by atoms with Gasteiger partial charge in [0.05, 0.1) is 12.3 Å². The molecule has 0 saturated carbocycles. The zero-order chi connectivity index (χ0) is 28.1. The molecular weight excluding hydrogens is 484 g/mol. The predicted molar refractivity (Wildman–Crippen MR) is 153 cm³/mol. The molecule has 2 rings (SSSR count). The van der Waals surface area contributed by atoms with E-state index in [1.54, 1.807) is 19.4 Å². The summed E-state index contributed by atoms with van der Waals surface area (Å²) in [5.41, 5.74) is 8.12. The first-order chi connectivity index (χ1) is 18.2. The molecule has 0 radical (unpaired) electrons. The van der Waals surface area contributed by atoms with Crippen molar-refractivity contribution >= 4 is 23.7 Å². The van der Waals surface area contributed by atoms with Gasteiger partial charge in [0.25, 0.3) is 0 Å². The van der Waals surface area contributed by atoms with Crippen LogP contribution in [0.25, 0.3) is 17.5 Å². The van der Waals surface area contributed by atoms with Crippen LogP contribution in [0.2, 0.25) is 0 Å². The number of nitrogens with zero attached hydrogens (tertiary/aromatic N) is 3. The van der Waals surface area contributed by atoms with E-state index in [1.165, 1.54) is 0 Å². The Hall–Kier alpha value is -3.63. The maximum absolute atomic E-state index is 12.5. The average Bonchev–Trinajstić information content (AvgIpc) is 3.23. The zero-order valence-electron chi connectivity index (χ0n) is 23.6. The molecule has 0 aliphatic rings. The van der Waals surface area contributed by atoms with Crippen LogP contribution in [0.15, 0.2) is 41.0 Å². The third-order valence-electron chi connectivity index (χ3n) is 5.41. The number of aromatic amines is 1. The van der Waals surface area contributed by atoms with Crippen molar-refractivity contribution in [2.75, 3.05) is 46.6 Å². The van der Waals surface area contributed by atoms with Gasteiger partial charge in [-0.1, -0.05) is 19.9 Å². The number of ether oxygens (including phenoxy) is 3. The van der Waals surface area contributed by atoms with Crippen LogP contribution in [-0.2, 0) is 9.53 Å². The van der Waals surface area contributed by atoms with Crippen molar-refractivity contribution in [2.24, 2.45) is 4.99 Å². The Balaban J connectivity index is 2.36. The van der Waals surface area contributed by atoms with Crippen LogP contribution < -0.4 is 20.5 Å². The summed E-state index contributed by atoms with van der Waals surface area (Å²) in [7, 11) is 5.55. The molecule has 1 heterocycles. The maximum atomic E-state index is 12.5. The summed E-state index contributed by atoms with van der Waals surface area (Å²) >= 11 is 0. The number of H-pyrrole nitrogens is 1. The molecule has 0 aliphatic carbocycles. The SMILES string of the molecule is C/C=C\c1[nH]c(-c2cc(OC(CC)=N/C=C(\CC)C(=O)NCCN(C)C)cc(OC(C)COC)c2)nc1N. The molecule has 2 aromatic rings. The molecule has 10 nitrogen and oxygen atoms in total. The lowest BCUT2D eigenvalue weighted by Gasteiger charge is -2.16. The second kappa shape index (κ2) is 15.6. The fraction of sp³-hybridized carbons (Fsp3) is 0.464. The van der Waals surface area contributed by atoms with Gasteiger partial charge in [-0.2, -0.15) is 0 Å². The Bertz CT molecular complexity index is 1140. The summed E-state index contributed by atoms with van der Waals surface area (Å²) in [4.78, 5) is 26.7. The zero-order valence-corrected chi connectivity index (χ0v) is 23.6. The second-order valence-electron chi connectivity index (χ2n) is 9.01. The Morgan fingerprint density at radius 1 is 1.24 bits per heavy atom. The van der Waals surface area contributed by atoms with Crippen LogP contribution in [0.5, 0.6) is 11.5 Å². The van der Waals surface area contributed by atoms with Gasteiger partial charge in [-0.15, -0.1) is 0 Å². The number of nitrogen functional groups attached to an aromatic ring is 1. The standard InChI is InChI=1S/C28H42N6O4/c1-8-11-24-26(29)33-27(32-24)21-14-22(37-19(4)18-36-7)16-23(15-21)38-25(10-3)31-17-20(9-2)28(35)30-12-13-34(5)6/h8,11,14-17,19H,9-10,12-13,18,29H2,1-7H3,(H,30,35)(H,32,33)/b11-8-,20-17+,31-25?. The van der Waals surface area contributed by atoms with E-state index in [-0.39, 0.29) is 12.0 Å². The van der Waals surface area contributed by atoms with Crippen molar-refractivity contribution in [3.05, 3.63) is 41.7 Å². The van der Waals surface area contributed by atoms with Gasteiger partial charge in [-0.25, -0.2) is 9.98 Å². The van der Waals surface area contributed by atoms with Crippen LogP contribution in [0.3, 0.4) is 0 Å². The lowest BCUT2D eigenvalue weighted by molar-refractivity contribution is -0.117. The number of aliphatic imine (C=N–C) groups is 1. The number of rotatable bonds is 14. The van der Waals surface area contributed by atoms with Gasteiger partial charge in [0.15, 0.2) is 5.90 Å². The maximum Gasteiger partial charge on any atom is 0.248 e. The highest BCUT2D eigenvalue weighted by Crippen LogP contribution is 2.31. The van der Waals surface area contributed by atoms with E-state index in [0.29, 0.717) is 60.6 Å². The van der Waals surface area contributed by atoms with Crippen molar-refractivity contribution in [3.8, 4) is 22.9 Å². The van der Waals surface area contributed by atoms with Crippen LogP contribution in [0.1, 0.15) is 46.2 Å². The van der Waals surface area contributed by atoms with Gasteiger partial charge < -0.3 is 35.1 Å². The highest BCUT2D eigenvalue weighted by Gasteiger charge is 2.14. The number of amides is 1. The number of allylic oxidation sites excluding steroid dienone is 1. The fourth-order valence-corrected chi connectivity index (χ4v) is 3.46. The molecule has 0 aliphatic heterocycles. The molecule has 38 heavy (non-hydrogen) atoms. The van der Waals surface area contributed by atoms with Crippen LogP contribution in [0, 0.1) is 0 Å². The topological polar surface area (TPSA) is 127 Å². The van der Waals surface area contributed by atoms with Gasteiger partial charge in [-0.05, 0) is 52.6 Å². The highest BCUT2D eigenvalue weighted by molar-refractivity contribution is 5.93. The van der Waals surface area contributed by atoms with E-state index < -0.39 is 0 Å². The van der Waals surface area contributed by atoms with E-state index in [0.717, 1.165) is 17.8 Å². The second-order valence-corrected chi connectivity index (χ2v) is 9.01. The Kier molecular flexibility index (Phi) is 12.5. The molecule has 1 aromatic heterocycles. The summed E-state index contributed by atoms with van der Waals surface area (Å²) in [5.74, 6) is 2.42. The minimum atomic E-state index is -0.177. The van der Waals surface area contributed by atoms with Gasteiger partial charge in [0.2, 0.25) is 5.91 Å². The quantitative estimate of drug-likeness (QED) is 0.191. The summed E-state index contributed by atoms with van der Waals surface area (Å²) in [6.07, 6.45) is 6.22. The van der Waals surface area contributed by atoms with Crippen molar-refractivity contribution < 1.29 is 19.0 Å². The number of hydrogen-bond acceptors (Lipinski definition) is 8. The third kappa shape index (κ3) is 9.68. The number of likely N-dealkylation sites (N-methyl/N-ethyl adjacent to an activating group) is 1. The molecule has 0 saturated heterocycles. The minimum Gasteiger partial charge on any atom is -0.488 e. The van der Waals surface area contributed by atoms with Crippen molar-refractivity contribution in [2.45, 2.75) is 46.6 Å². The molecule has 0 spiro atoms. The number of nitrogens with one attached hydrogen (secondary N) is 2. The van der Waals surface area contributed by atoms with Crippen LogP contribution in [0.4, 0.5) is 5.82 Å². The molecule has 1 atom stereocenters. The Morgan fingerprint density at radius 3 is 2.61 bits per heavy atom. The number of anilines is 1. The molecule has 0 bridgehead atoms. The largest absolute Gasteiger partial charge is 0.488 e. The molecule has 1 unspecified atom stereocenters. The molecular formula is C28H42N6O4. The molecule has 208 valence electrons. The van der Waals surface area contributed by atoms with E-state index in [2.05, 4.69) is 20.3 Å².